The first-order valence-electron chi connectivity index (χ1n) is 9.06. The first-order valence-corrected chi connectivity index (χ1v) is 9.06. The van der Waals surface area contributed by atoms with Crippen molar-refractivity contribution in [2.45, 2.75) is 38.3 Å². The highest BCUT2D eigenvalue weighted by Gasteiger charge is 2.23. The van der Waals surface area contributed by atoms with E-state index in [1.807, 2.05) is 4.57 Å². The Morgan fingerprint density at radius 2 is 2.11 bits per heavy atom. The van der Waals surface area contributed by atoms with Gasteiger partial charge in [-0.25, -0.2) is 4.39 Å². The number of hydrogen-bond acceptors (Lipinski definition) is 5. The molecule has 1 amide bonds. The maximum Gasteiger partial charge on any atom is 0.243 e. The third kappa shape index (κ3) is 4.81. The molecule has 0 aliphatic carbocycles. The Balaban J connectivity index is 0.00000140. The summed E-state index contributed by atoms with van der Waals surface area (Å²) in [6, 6.07) is 4.13. The van der Waals surface area contributed by atoms with Gasteiger partial charge in [0, 0.05) is 25.2 Å². The van der Waals surface area contributed by atoms with Gasteiger partial charge in [0.25, 0.3) is 0 Å². The van der Waals surface area contributed by atoms with Gasteiger partial charge in [-0.2, -0.15) is 0 Å². The van der Waals surface area contributed by atoms with Crippen LogP contribution in [0.1, 0.15) is 25.1 Å². The number of aromatic nitrogens is 3. The molecule has 1 atom stereocenters. The SMILES string of the molecule is Cl.Cl.O=C(Nc1ccc(F)c(-c2nnc3n2CCCCC3)c1)C1COCCN1. The van der Waals surface area contributed by atoms with Crippen LogP contribution in [-0.2, 0) is 22.5 Å². The molecule has 10 heteroatoms. The summed E-state index contributed by atoms with van der Waals surface area (Å²) >= 11 is 0. The van der Waals surface area contributed by atoms with Crippen molar-refractivity contribution in [2.24, 2.45) is 0 Å². The fourth-order valence-electron chi connectivity index (χ4n) is 3.42. The van der Waals surface area contributed by atoms with E-state index < -0.39 is 6.04 Å². The van der Waals surface area contributed by atoms with Crippen LogP contribution in [0.2, 0.25) is 0 Å². The minimum Gasteiger partial charge on any atom is -0.378 e. The molecule has 3 heterocycles. The molecular formula is C18H24Cl2FN5O2. The number of amides is 1. The molecule has 7 nitrogen and oxygen atoms in total. The molecule has 2 aliphatic rings. The quantitative estimate of drug-likeness (QED) is 0.780. The molecule has 1 aromatic heterocycles. The number of carbonyl (C=O) groups excluding carboxylic acids is 1. The number of morpholine rings is 1. The molecule has 4 rings (SSSR count). The van der Waals surface area contributed by atoms with Crippen molar-refractivity contribution in [1.29, 1.82) is 0 Å². The van der Waals surface area contributed by atoms with Crippen LogP contribution in [0, 0.1) is 5.82 Å². The van der Waals surface area contributed by atoms with Crippen molar-refractivity contribution < 1.29 is 13.9 Å². The predicted molar refractivity (Wildman–Crippen MR) is 109 cm³/mol. The van der Waals surface area contributed by atoms with E-state index in [-0.39, 0.29) is 36.5 Å². The second-order valence-electron chi connectivity index (χ2n) is 6.67. The van der Waals surface area contributed by atoms with Gasteiger partial charge in [-0.3, -0.25) is 4.79 Å². The highest BCUT2D eigenvalue weighted by molar-refractivity contribution is 5.95. The van der Waals surface area contributed by atoms with Crippen LogP contribution in [0.4, 0.5) is 10.1 Å². The van der Waals surface area contributed by atoms with Crippen LogP contribution >= 0.6 is 24.8 Å². The van der Waals surface area contributed by atoms with E-state index in [1.165, 1.54) is 6.07 Å². The second-order valence-corrected chi connectivity index (χ2v) is 6.67. The van der Waals surface area contributed by atoms with E-state index in [0.29, 0.717) is 36.8 Å². The van der Waals surface area contributed by atoms with E-state index in [4.69, 9.17) is 4.74 Å². The zero-order valence-corrected chi connectivity index (χ0v) is 17.0. The minimum absolute atomic E-state index is 0. The molecule has 0 radical (unpaired) electrons. The average Bonchev–Trinajstić information content (AvgIpc) is 2.92. The summed E-state index contributed by atoms with van der Waals surface area (Å²) in [5, 5.41) is 14.4. The van der Waals surface area contributed by atoms with E-state index in [9.17, 15) is 9.18 Å². The molecule has 1 unspecified atom stereocenters. The van der Waals surface area contributed by atoms with Crippen molar-refractivity contribution >= 4 is 36.4 Å². The highest BCUT2D eigenvalue weighted by atomic mass is 35.5. The lowest BCUT2D eigenvalue weighted by atomic mass is 10.1. The first-order chi connectivity index (χ1) is 12.7. The molecule has 1 fully saturated rings. The molecule has 1 aromatic carbocycles. The minimum atomic E-state index is -0.401. The van der Waals surface area contributed by atoms with E-state index in [2.05, 4.69) is 20.8 Å². The lowest BCUT2D eigenvalue weighted by molar-refractivity contribution is -0.120. The van der Waals surface area contributed by atoms with Crippen LogP contribution < -0.4 is 10.6 Å². The number of hydrogen-bond donors (Lipinski definition) is 2. The van der Waals surface area contributed by atoms with Gasteiger partial charge in [-0.05, 0) is 31.0 Å². The Kier molecular flexibility index (Phi) is 8.18. The maximum absolute atomic E-state index is 14.5. The summed E-state index contributed by atoms with van der Waals surface area (Å²) in [5.41, 5.74) is 0.890. The number of ether oxygens (including phenoxy) is 1. The fourth-order valence-corrected chi connectivity index (χ4v) is 3.42. The number of halogens is 3. The normalized spacial score (nSPS) is 18.8. The number of fused-ring (bicyclic) bond motifs is 1. The van der Waals surface area contributed by atoms with Crippen LogP contribution in [0.3, 0.4) is 0 Å². The van der Waals surface area contributed by atoms with Gasteiger partial charge in [0.05, 0.1) is 18.8 Å². The summed E-state index contributed by atoms with van der Waals surface area (Å²) in [6.45, 7) is 2.36. The summed E-state index contributed by atoms with van der Waals surface area (Å²) in [5.74, 6) is 0.855. The highest BCUT2D eigenvalue weighted by Crippen LogP contribution is 2.27. The number of anilines is 1. The standard InChI is InChI=1S/C18H22FN5O2.2ClH/c19-14-6-5-12(21-18(25)15-11-26-9-7-20-15)10-13(14)17-23-22-16-4-2-1-3-8-24(16)17;;/h5-6,10,15,20H,1-4,7-9,11H2,(H,21,25);2*1H. The molecule has 2 N–H and O–H groups in total. The number of nitrogens with zero attached hydrogens (tertiary/aromatic N) is 3. The van der Waals surface area contributed by atoms with Gasteiger partial charge in [-0.1, -0.05) is 6.42 Å². The number of nitrogens with one attached hydrogen (secondary N) is 2. The van der Waals surface area contributed by atoms with Crippen molar-refractivity contribution in [3.05, 3.63) is 29.8 Å². The van der Waals surface area contributed by atoms with Crippen LogP contribution in [-0.4, -0.2) is 46.5 Å². The Morgan fingerprint density at radius 3 is 2.89 bits per heavy atom. The van der Waals surface area contributed by atoms with Crippen LogP contribution in [0.25, 0.3) is 11.4 Å². The van der Waals surface area contributed by atoms with Crippen LogP contribution in [0.5, 0.6) is 0 Å². The lowest BCUT2D eigenvalue weighted by Gasteiger charge is -2.23. The zero-order chi connectivity index (χ0) is 17.9. The fraction of sp³-hybridized carbons (Fsp3) is 0.500. The first kappa shape index (κ1) is 22.5. The summed E-state index contributed by atoms with van der Waals surface area (Å²) < 4.78 is 21.8. The number of rotatable bonds is 3. The molecule has 2 aliphatic heterocycles. The third-order valence-corrected chi connectivity index (χ3v) is 4.82. The largest absolute Gasteiger partial charge is 0.378 e. The maximum atomic E-state index is 14.5. The smallest absolute Gasteiger partial charge is 0.243 e. The van der Waals surface area contributed by atoms with Crippen LogP contribution in [0.15, 0.2) is 18.2 Å². The van der Waals surface area contributed by atoms with Crippen molar-refractivity contribution in [1.82, 2.24) is 20.1 Å². The molecule has 1 saturated heterocycles. The van der Waals surface area contributed by atoms with E-state index in [0.717, 1.165) is 38.1 Å². The monoisotopic (exact) mass is 431 g/mol. The van der Waals surface area contributed by atoms with Crippen molar-refractivity contribution in [3.63, 3.8) is 0 Å². The van der Waals surface area contributed by atoms with Crippen molar-refractivity contribution in [3.8, 4) is 11.4 Å². The summed E-state index contributed by atoms with van der Waals surface area (Å²) in [4.78, 5) is 12.3. The average molecular weight is 432 g/mol. The van der Waals surface area contributed by atoms with E-state index in [1.54, 1.807) is 12.1 Å². The van der Waals surface area contributed by atoms with Gasteiger partial charge in [-0.15, -0.1) is 35.0 Å². The zero-order valence-electron chi connectivity index (χ0n) is 15.3. The molecule has 0 saturated carbocycles. The van der Waals surface area contributed by atoms with Crippen molar-refractivity contribution in [2.75, 3.05) is 25.1 Å². The van der Waals surface area contributed by atoms with Gasteiger partial charge >= 0.3 is 0 Å². The molecule has 28 heavy (non-hydrogen) atoms. The van der Waals surface area contributed by atoms with Gasteiger partial charge < -0.3 is 19.9 Å². The molecular weight excluding hydrogens is 408 g/mol. The molecule has 2 aromatic rings. The lowest BCUT2D eigenvalue weighted by Crippen LogP contribution is -2.48. The summed E-state index contributed by atoms with van der Waals surface area (Å²) in [7, 11) is 0. The van der Waals surface area contributed by atoms with Gasteiger partial charge in [0.2, 0.25) is 5.91 Å². The Labute approximate surface area is 175 Å². The molecule has 0 bridgehead atoms. The van der Waals surface area contributed by atoms with Gasteiger partial charge in [0.15, 0.2) is 5.82 Å². The number of benzene rings is 1. The third-order valence-electron chi connectivity index (χ3n) is 4.82. The Hall–Kier alpha value is -1.74. The number of carbonyl (C=O) groups is 1. The molecule has 154 valence electrons. The number of aryl methyl sites for hydroxylation is 1. The molecule has 0 spiro atoms. The topological polar surface area (TPSA) is 81.1 Å². The Bertz CT molecular complexity index is 811. The second kappa shape index (κ2) is 10.2. The predicted octanol–water partition coefficient (Wildman–Crippen LogP) is 2.58. The summed E-state index contributed by atoms with van der Waals surface area (Å²) in [6.07, 6.45) is 4.10. The Morgan fingerprint density at radius 1 is 1.25 bits per heavy atom. The van der Waals surface area contributed by atoms with Gasteiger partial charge in [0.1, 0.15) is 17.7 Å². The van der Waals surface area contributed by atoms with E-state index >= 15 is 0 Å².